The van der Waals surface area contributed by atoms with Gasteiger partial charge in [-0.2, -0.15) is 11.3 Å². The molecule has 5 nitrogen and oxygen atoms in total. The average Bonchev–Trinajstić information content (AvgIpc) is 3.15. The Balaban J connectivity index is 1.58. The molecule has 2 aromatic heterocycles. The van der Waals surface area contributed by atoms with E-state index in [1.165, 1.54) is 0 Å². The molecule has 0 aromatic carbocycles. The largest absolute Gasteiger partial charge is 0.444 e. The first-order valence-electron chi connectivity index (χ1n) is 8.42. The van der Waals surface area contributed by atoms with Crippen LogP contribution >= 0.6 is 11.3 Å². The normalized spacial score (nSPS) is 17.0. The third-order valence-corrected chi connectivity index (χ3v) is 4.98. The summed E-state index contributed by atoms with van der Waals surface area (Å²) in [6.45, 7) is 10.4. The molecule has 3 rings (SSSR count). The van der Waals surface area contributed by atoms with E-state index >= 15 is 0 Å². The van der Waals surface area contributed by atoms with Crippen LogP contribution in [0.25, 0.3) is 0 Å². The molecule has 1 fully saturated rings. The van der Waals surface area contributed by atoms with Gasteiger partial charge >= 0.3 is 0 Å². The third kappa shape index (κ3) is 4.05. The van der Waals surface area contributed by atoms with Crippen molar-refractivity contribution in [2.24, 2.45) is 0 Å². The maximum atomic E-state index is 12.5. The number of carbonyl (C=O) groups excluding carboxylic acids is 1. The van der Waals surface area contributed by atoms with Crippen molar-refractivity contribution < 1.29 is 9.21 Å². The van der Waals surface area contributed by atoms with E-state index < -0.39 is 0 Å². The van der Waals surface area contributed by atoms with Crippen LogP contribution in [0.1, 0.15) is 49.2 Å². The van der Waals surface area contributed by atoms with Gasteiger partial charge in [0.2, 0.25) is 5.89 Å². The van der Waals surface area contributed by atoms with Crippen molar-refractivity contribution in [2.45, 2.75) is 39.2 Å². The average molecular weight is 347 g/mol. The van der Waals surface area contributed by atoms with Crippen molar-refractivity contribution in [3.8, 4) is 0 Å². The molecule has 1 aliphatic heterocycles. The van der Waals surface area contributed by atoms with Crippen LogP contribution in [0.15, 0.2) is 27.4 Å². The topological polar surface area (TPSA) is 49.6 Å². The number of rotatable bonds is 3. The quantitative estimate of drug-likeness (QED) is 0.854. The molecule has 24 heavy (non-hydrogen) atoms. The number of amides is 1. The summed E-state index contributed by atoms with van der Waals surface area (Å²) in [5.41, 5.74) is 0.782. The lowest BCUT2D eigenvalue weighted by atomic mass is 9.94. The van der Waals surface area contributed by atoms with Crippen LogP contribution in [-0.4, -0.2) is 46.9 Å². The van der Waals surface area contributed by atoms with Gasteiger partial charge < -0.3 is 9.32 Å². The van der Waals surface area contributed by atoms with Gasteiger partial charge in [0.1, 0.15) is 5.76 Å². The van der Waals surface area contributed by atoms with Gasteiger partial charge in [0, 0.05) is 37.0 Å². The van der Waals surface area contributed by atoms with E-state index in [0.29, 0.717) is 6.54 Å². The van der Waals surface area contributed by atoms with Gasteiger partial charge in [0.15, 0.2) is 0 Å². The van der Waals surface area contributed by atoms with E-state index in [9.17, 15) is 4.79 Å². The second-order valence-electron chi connectivity index (χ2n) is 7.30. The maximum Gasteiger partial charge on any atom is 0.254 e. The first-order chi connectivity index (χ1) is 11.4. The fourth-order valence-electron chi connectivity index (χ4n) is 2.82. The molecule has 0 bridgehead atoms. The molecular weight excluding hydrogens is 322 g/mol. The van der Waals surface area contributed by atoms with Crippen LogP contribution in [0.4, 0.5) is 0 Å². The molecular formula is C18H25N3O2S. The monoisotopic (exact) mass is 347 g/mol. The second kappa shape index (κ2) is 7.07. The summed E-state index contributed by atoms with van der Waals surface area (Å²) in [5, 5.41) is 3.87. The van der Waals surface area contributed by atoms with Crippen molar-refractivity contribution in [1.82, 2.24) is 14.8 Å². The van der Waals surface area contributed by atoms with Gasteiger partial charge in [-0.05, 0) is 17.9 Å². The summed E-state index contributed by atoms with van der Waals surface area (Å²) in [7, 11) is 0. The number of aromatic nitrogens is 1. The lowest BCUT2D eigenvalue weighted by molar-refractivity contribution is 0.0761. The summed E-state index contributed by atoms with van der Waals surface area (Å²) < 4.78 is 5.89. The van der Waals surface area contributed by atoms with Crippen LogP contribution in [0.3, 0.4) is 0 Å². The van der Waals surface area contributed by atoms with E-state index in [-0.39, 0.29) is 11.3 Å². The number of carbonyl (C=O) groups is 1. The lowest BCUT2D eigenvalue weighted by Crippen LogP contribution is -2.34. The van der Waals surface area contributed by atoms with Crippen LogP contribution in [0, 0.1) is 0 Å². The predicted octanol–water partition coefficient (Wildman–Crippen LogP) is 3.38. The molecule has 0 atom stereocenters. The van der Waals surface area contributed by atoms with Gasteiger partial charge in [-0.25, -0.2) is 4.98 Å². The Kier molecular flexibility index (Phi) is 5.06. The zero-order valence-electron chi connectivity index (χ0n) is 14.6. The fraction of sp³-hybridized carbons (Fsp3) is 0.556. The summed E-state index contributed by atoms with van der Waals surface area (Å²) in [5.74, 6) is 1.82. The Morgan fingerprint density at radius 1 is 1.29 bits per heavy atom. The molecule has 0 saturated carbocycles. The molecule has 1 amide bonds. The van der Waals surface area contributed by atoms with Crippen molar-refractivity contribution in [3.05, 3.63) is 40.2 Å². The Bertz CT molecular complexity index is 673. The van der Waals surface area contributed by atoms with Crippen LogP contribution < -0.4 is 0 Å². The van der Waals surface area contributed by atoms with Gasteiger partial charge in [0.25, 0.3) is 5.91 Å². The highest BCUT2D eigenvalue weighted by atomic mass is 32.1. The first kappa shape index (κ1) is 17.2. The van der Waals surface area contributed by atoms with Crippen LogP contribution in [0.5, 0.6) is 0 Å². The number of nitrogens with zero attached hydrogens (tertiary/aromatic N) is 3. The molecule has 0 radical (unpaired) electrons. The highest BCUT2D eigenvalue weighted by Gasteiger charge is 2.23. The van der Waals surface area contributed by atoms with Gasteiger partial charge in [-0.1, -0.05) is 20.8 Å². The van der Waals surface area contributed by atoms with E-state index in [0.717, 1.165) is 49.8 Å². The Labute approximate surface area is 147 Å². The molecule has 3 heterocycles. The number of hydrogen-bond donors (Lipinski definition) is 0. The van der Waals surface area contributed by atoms with Crippen LogP contribution in [-0.2, 0) is 12.0 Å². The molecule has 130 valence electrons. The molecule has 0 aliphatic carbocycles. The van der Waals surface area contributed by atoms with Gasteiger partial charge in [-0.3, -0.25) is 9.69 Å². The number of oxazole rings is 1. The van der Waals surface area contributed by atoms with E-state index in [4.69, 9.17) is 4.42 Å². The Morgan fingerprint density at radius 3 is 2.79 bits per heavy atom. The SMILES string of the molecule is CC(C)(C)c1cnc(CN2CCCN(C(=O)c3ccsc3)CC2)o1. The molecule has 1 saturated heterocycles. The summed E-state index contributed by atoms with van der Waals surface area (Å²) in [6.07, 6.45) is 2.81. The number of thiophene rings is 1. The van der Waals surface area contributed by atoms with Crippen molar-refractivity contribution >= 4 is 17.2 Å². The van der Waals surface area contributed by atoms with E-state index in [1.54, 1.807) is 11.3 Å². The van der Waals surface area contributed by atoms with Gasteiger partial charge in [0.05, 0.1) is 18.3 Å². The minimum absolute atomic E-state index is 0.0200. The number of hydrogen-bond acceptors (Lipinski definition) is 5. The smallest absolute Gasteiger partial charge is 0.254 e. The Hall–Kier alpha value is -1.66. The molecule has 0 unspecified atom stereocenters. The zero-order chi connectivity index (χ0) is 17.2. The van der Waals surface area contributed by atoms with E-state index in [2.05, 4.69) is 30.7 Å². The summed E-state index contributed by atoms with van der Waals surface area (Å²) in [4.78, 5) is 21.2. The minimum atomic E-state index is -0.0200. The van der Waals surface area contributed by atoms with Gasteiger partial charge in [-0.15, -0.1) is 0 Å². The summed E-state index contributed by atoms with van der Waals surface area (Å²) in [6, 6.07) is 1.90. The fourth-order valence-corrected chi connectivity index (χ4v) is 3.45. The predicted molar refractivity (Wildman–Crippen MR) is 95.3 cm³/mol. The molecule has 1 aliphatic rings. The first-order valence-corrected chi connectivity index (χ1v) is 9.37. The highest BCUT2D eigenvalue weighted by Crippen LogP contribution is 2.23. The maximum absolute atomic E-state index is 12.5. The summed E-state index contributed by atoms with van der Waals surface area (Å²) >= 11 is 1.57. The molecule has 2 aromatic rings. The lowest BCUT2D eigenvalue weighted by Gasteiger charge is -2.21. The van der Waals surface area contributed by atoms with Crippen molar-refractivity contribution in [1.29, 1.82) is 0 Å². The minimum Gasteiger partial charge on any atom is -0.444 e. The molecule has 0 spiro atoms. The van der Waals surface area contributed by atoms with Crippen LogP contribution in [0.2, 0.25) is 0 Å². The standard InChI is InChI=1S/C18H25N3O2S/c1-18(2,3)15-11-19-16(23-15)12-20-6-4-7-21(9-8-20)17(22)14-5-10-24-13-14/h5,10-11,13H,4,6-9,12H2,1-3H3. The highest BCUT2D eigenvalue weighted by molar-refractivity contribution is 7.08. The van der Waals surface area contributed by atoms with Crippen molar-refractivity contribution in [3.63, 3.8) is 0 Å². The molecule has 0 N–H and O–H groups in total. The second-order valence-corrected chi connectivity index (χ2v) is 8.08. The third-order valence-electron chi connectivity index (χ3n) is 4.30. The zero-order valence-corrected chi connectivity index (χ0v) is 15.4. The van der Waals surface area contributed by atoms with Crippen molar-refractivity contribution in [2.75, 3.05) is 26.2 Å². The molecule has 6 heteroatoms. The Morgan fingerprint density at radius 2 is 2.12 bits per heavy atom. The van der Waals surface area contributed by atoms with E-state index in [1.807, 2.05) is 27.9 Å².